The zero-order valence-corrected chi connectivity index (χ0v) is 8.93. The van der Waals surface area contributed by atoms with Crippen LogP contribution in [0.3, 0.4) is 0 Å². The summed E-state index contributed by atoms with van der Waals surface area (Å²) in [5.41, 5.74) is -0.540. The maximum atomic E-state index is 11.5. The van der Waals surface area contributed by atoms with Crippen LogP contribution in [-0.4, -0.2) is 25.0 Å². The van der Waals surface area contributed by atoms with Gasteiger partial charge in [-0.15, -0.1) is 0 Å². The first kappa shape index (κ1) is 10.9. The Morgan fingerprint density at radius 3 is 2.54 bits per heavy atom. The quantitative estimate of drug-likeness (QED) is 0.689. The summed E-state index contributed by atoms with van der Waals surface area (Å²) < 4.78 is 22.9. The molecular formula is C8H17NO3S. The molecule has 5 heteroatoms. The van der Waals surface area contributed by atoms with Gasteiger partial charge < -0.3 is 0 Å². The highest BCUT2D eigenvalue weighted by atomic mass is 32.2. The molecule has 1 aliphatic heterocycles. The summed E-state index contributed by atoms with van der Waals surface area (Å²) in [6, 6.07) is 0. The number of sulfone groups is 1. The molecule has 4 nitrogen and oxygen atoms in total. The van der Waals surface area contributed by atoms with E-state index in [-0.39, 0.29) is 5.25 Å². The molecule has 1 unspecified atom stereocenters. The number of rotatable bonds is 3. The van der Waals surface area contributed by atoms with Crippen LogP contribution in [-0.2, 0) is 14.7 Å². The van der Waals surface area contributed by atoms with Crippen LogP contribution in [0.2, 0.25) is 0 Å². The van der Waals surface area contributed by atoms with Crippen LogP contribution >= 0.6 is 0 Å². The van der Waals surface area contributed by atoms with Gasteiger partial charge in [-0.1, -0.05) is 0 Å². The van der Waals surface area contributed by atoms with Gasteiger partial charge >= 0.3 is 0 Å². The minimum absolute atomic E-state index is 0.258. The van der Waals surface area contributed by atoms with Crippen molar-refractivity contribution < 1.29 is 13.3 Å². The van der Waals surface area contributed by atoms with E-state index in [9.17, 15) is 8.42 Å². The molecule has 0 aromatic heterocycles. The minimum atomic E-state index is -2.87. The summed E-state index contributed by atoms with van der Waals surface area (Å²) in [4.78, 5) is 4.73. The molecule has 1 rings (SSSR count). The first-order valence-electron chi connectivity index (χ1n) is 4.47. The van der Waals surface area contributed by atoms with Crippen LogP contribution < -0.4 is 5.90 Å². The lowest BCUT2D eigenvalue weighted by molar-refractivity contribution is -0.0258. The van der Waals surface area contributed by atoms with Crippen molar-refractivity contribution in [2.45, 2.75) is 44.0 Å². The van der Waals surface area contributed by atoms with Crippen LogP contribution in [0.1, 0.15) is 33.1 Å². The van der Waals surface area contributed by atoms with E-state index in [1.807, 2.05) is 0 Å². The Balaban J connectivity index is 2.65. The molecule has 0 radical (unpaired) electrons. The summed E-state index contributed by atoms with van der Waals surface area (Å²) >= 11 is 0. The molecule has 13 heavy (non-hydrogen) atoms. The summed E-state index contributed by atoms with van der Waals surface area (Å²) in [6.07, 6.45) is 2.01. The molecule has 1 fully saturated rings. The summed E-state index contributed by atoms with van der Waals surface area (Å²) in [6.45, 7) is 3.61. The van der Waals surface area contributed by atoms with Gasteiger partial charge in [0.1, 0.15) is 0 Å². The zero-order valence-electron chi connectivity index (χ0n) is 8.12. The van der Waals surface area contributed by atoms with Gasteiger partial charge in [0.2, 0.25) is 0 Å². The normalized spacial score (nSPS) is 27.8. The third kappa shape index (κ3) is 2.65. The van der Waals surface area contributed by atoms with E-state index in [0.29, 0.717) is 12.2 Å². The molecule has 1 saturated heterocycles. The monoisotopic (exact) mass is 207 g/mol. The molecule has 0 bridgehead atoms. The van der Waals surface area contributed by atoms with E-state index in [1.54, 1.807) is 13.8 Å². The molecular weight excluding hydrogens is 190 g/mol. The first-order valence-corrected chi connectivity index (χ1v) is 6.18. The molecule has 2 N–H and O–H groups in total. The second kappa shape index (κ2) is 3.55. The second-order valence-corrected chi connectivity index (χ2v) is 6.61. The van der Waals surface area contributed by atoms with Crippen LogP contribution in [0.25, 0.3) is 0 Å². The minimum Gasteiger partial charge on any atom is -0.299 e. The molecule has 0 saturated carbocycles. The van der Waals surface area contributed by atoms with Crippen molar-refractivity contribution in [3.05, 3.63) is 0 Å². The van der Waals surface area contributed by atoms with Crippen molar-refractivity contribution in [2.24, 2.45) is 5.90 Å². The second-order valence-electron chi connectivity index (χ2n) is 4.21. The Morgan fingerprint density at radius 2 is 2.15 bits per heavy atom. The van der Waals surface area contributed by atoms with Crippen molar-refractivity contribution in [1.82, 2.24) is 0 Å². The largest absolute Gasteiger partial charge is 0.299 e. The maximum Gasteiger partial charge on any atom is 0.153 e. The first-order chi connectivity index (χ1) is 5.87. The van der Waals surface area contributed by atoms with Crippen LogP contribution in [0.5, 0.6) is 0 Å². The molecule has 0 aliphatic carbocycles. The Kier molecular flexibility index (Phi) is 2.99. The van der Waals surface area contributed by atoms with Gasteiger partial charge in [-0.3, -0.25) is 4.84 Å². The fraction of sp³-hybridized carbons (Fsp3) is 1.00. The van der Waals surface area contributed by atoms with Gasteiger partial charge in [-0.05, 0) is 33.1 Å². The predicted octanol–water partition coefficient (Wildman–Crippen LogP) is 0.623. The predicted molar refractivity (Wildman–Crippen MR) is 50.8 cm³/mol. The van der Waals surface area contributed by atoms with Crippen molar-refractivity contribution in [3.63, 3.8) is 0 Å². The van der Waals surface area contributed by atoms with Gasteiger partial charge in [0.15, 0.2) is 9.84 Å². The Labute approximate surface area is 79.3 Å². The molecule has 1 atom stereocenters. The lowest BCUT2D eigenvalue weighted by Gasteiger charge is -2.24. The summed E-state index contributed by atoms with van der Waals surface area (Å²) in [7, 11) is -2.87. The van der Waals surface area contributed by atoms with Crippen molar-refractivity contribution in [1.29, 1.82) is 0 Å². The van der Waals surface area contributed by atoms with Crippen LogP contribution in [0.4, 0.5) is 0 Å². The molecule has 0 spiro atoms. The lowest BCUT2D eigenvalue weighted by Crippen LogP contribution is -2.34. The summed E-state index contributed by atoms with van der Waals surface area (Å²) in [5.74, 6) is 5.40. The van der Waals surface area contributed by atoms with Crippen molar-refractivity contribution in [3.8, 4) is 0 Å². The molecule has 1 heterocycles. The molecule has 78 valence electrons. The highest BCUT2D eigenvalue weighted by molar-refractivity contribution is 7.92. The van der Waals surface area contributed by atoms with E-state index in [1.165, 1.54) is 0 Å². The third-order valence-corrected chi connectivity index (χ3v) is 4.78. The Hall–Kier alpha value is -0.130. The molecule has 0 aromatic carbocycles. The van der Waals surface area contributed by atoms with Crippen molar-refractivity contribution in [2.75, 3.05) is 5.75 Å². The number of hydrogen-bond donors (Lipinski definition) is 1. The average Bonchev–Trinajstić information content (AvgIpc) is 2.31. The van der Waals surface area contributed by atoms with Gasteiger partial charge in [0.25, 0.3) is 0 Å². The van der Waals surface area contributed by atoms with Gasteiger partial charge in [0, 0.05) is 0 Å². The fourth-order valence-corrected chi connectivity index (χ4v) is 3.77. The van der Waals surface area contributed by atoms with Gasteiger partial charge in [-0.25, -0.2) is 14.3 Å². The Bertz CT molecular complexity index is 271. The van der Waals surface area contributed by atoms with Crippen LogP contribution in [0, 0.1) is 0 Å². The smallest absolute Gasteiger partial charge is 0.153 e. The molecule has 1 aliphatic rings. The SMILES string of the molecule is CC(C)(CC1CCCS1(=O)=O)ON. The highest BCUT2D eigenvalue weighted by Gasteiger charge is 2.36. The summed E-state index contributed by atoms with van der Waals surface area (Å²) in [5, 5.41) is -0.258. The van der Waals surface area contributed by atoms with E-state index >= 15 is 0 Å². The zero-order chi connectivity index (χ0) is 10.1. The van der Waals surface area contributed by atoms with E-state index in [2.05, 4.69) is 0 Å². The number of hydrogen-bond acceptors (Lipinski definition) is 4. The molecule has 0 aromatic rings. The van der Waals surface area contributed by atoms with E-state index < -0.39 is 15.4 Å². The third-order valence-electron chi connectivity index (χ3n) is 2.50. The lowest BCUT2D eigenvalue weighted by atomic mass is 10.0. The average molecular weight is 207 g/mol. The Morgan fingerprint density at radius 1 is 1.54 bits per heavy atom. The van der Waals surface area contributed by atoms with Crippen molar-refractivity contribution >= 4 is 9.84 Å². The van der Waals surface area contributed by atoms with Gasteiger partial charge in [0.05, 0.1) is 16.6 Å². The van der Waals surface area contributed by atoms with Gasteiger partial charge in [-0.2, -0.15) is 0 Å². The maximum absolute atomic E-state index is 11.5. The molecule has 0 amide bonds. The van der Waals surface area contributed by atoms with E-state index in [4.69, 9.17) is 10.7 Å². The van der Waals surface area contributed by atoms with Crippen LogP contribution in [0.15, 0.2) is 0 Å². The standard InChI is InChI=1S/C8H17NO3S/c1-8(2,12-9)6-7-4-3-5-13(7,10)11/h7H,3-6,9H2,1-2H3. The van der Waals surface area contributed by atoms with E-state index in [0.717, 1.165) is 12.8 Å². The fourth-order valence-electron chi connectivity index (χ4n) is 1.68. The topological polar surface area (TPSA) is 69.4 Å². The highest BCUT2D eigenvalue weighted by Crippen LogP contribution is 2.28. The number of nitrogens with two attached hydrogens (primary N) is 1.